The number of anilines is 3. The van der Waals surface area contributed by atoms with Crippen molar-refractivity contribution in [2.45, 2.75) is 0 Å². The van der Waals surface area contributed by atoms with E-state index in [4.69, 9.17) is 0 Å². The molecule has 2 nitrogen and oxygen atoms in total. The third kappa shape index (κ3) is 5.04. The predicted octanol–water partition coefficient (Wildman–Crippen LogP) is 13.9. The summed E-state index contributed by atoms with van der Waals surface area (Å²) in [6.45, 7) is 0. The quantitative estimate of drug-likeness (QED) is 0.172. The molecule has 0 atom stereocenters. The van der Waals surface area contributed by atoms with Gasteiger partial charge in [-0.3, -0.25) is 0 Å². The molecule has 0 amide bonds. The Hall–Kier alpha value is -6.90. The minimum Gasteiger partial charge on any atom is -0.310 e. The molecule has 0 aliphatic carbocycles. The van der Waals surface area contributed by atoms with Gasteiger partial charge in [-0.25, -0.2) is 0 Å². The normalized spacial score (nSPS) is 11.5. The van der Waals surface area contributed by atoms with Gasteiger partial charge in [-0.15, -0.1) is 0 Å². The molecule has 0 saturated heterocycles. The maximum absolute atomic E-state index is 2.42. The van der Waals surface area contributed by atoms with Crippen LogP contribution in [0.3, 0.4) is 0 Å². The number of nitrogens with zero attached hydrogens (tertiary/aromatic N) is 2. The standard InChI is InChI=1S/C50H34N2/c1-3-13-35(14-4-1)39-18-11-21-42(33-39)51(41-28-25-38(26-29-41)45-24-12-17-36-15-7-9-22-44(36)45)43-30-31-47-49(34-43)52(40-19-5-2-6-20-40)48-32-27-37-16-8-10-23-46(37)50(47)48/h1-34H. The van der Waals surface area contributed by atoms with Crippen LogP contribution in [0.5, 0.6) is 0 Å². The average molecular weight is 663 g/mol. The molecule has 52 heavy (non-hydrogen) atoms. The summed E-state index contributed by atoms with van der Waals surface area (Å²) in [7, 11) is 0. The highest BCUT2D eigenvalue weighted by molar-refractivity contribution is 6.21. The Morgan fingerprint density at radius 2 is 0.942 bits per heavy atom. The summed E-state index contributed by atoms with van der Waals surface area (Å²) < 4.78 is 2.42. The van der Waals surface area contributed by atoms with Crippen molar-refractivity contribution in [3.8, 4) is 27.9 Å². The molecule has 0 radical (unpaired) electrons. The molecule has 10 aromatic rings. The van der Waals surface area contributed by atoms with Crippen molar-refractivity contribution in [2.75, 3.05) is 4.90 Å². The number of benzene rings is 9. The summed E-state index contributed by atoms with van der Waals surface area (Å²) in [6, 6.07) is 74.7. The van der Waals surface area contributed by atoms with E-state index in [-0.39, 0.29) is 0 Å². The SMILES string of the molecule is c1ccc(-c2cccc(N(c3ccc(-c4cccc5ccccc45)cc3)c3ccc4c5c6ccccc6ccc5n(-c5ccccc5)c4c3)c2)cc1. The van der Waals surface area contributed by atoms with Gasteiger partial charge in [-0.1, -0.05) is 152 Å². The average Bonchev–Trinajstić information content (AvgIpc) is 3.56. The molecule has 0 aliphatic rings. The lowest BCUT2D eigenvalue weighted by Crippen LogP contribution is -2.10. The van der Waals surface area contributed by atoms with Crippen molar-refractivity contribution in [3.05, 3.63) is 206 Å². The molecule has 0 unspecified atom stereocenters. The number of hydrogen-bond donors (Lipinski definition) is 0. The third-order valence-corrected chi connectivity index (χ3v) is 10.3. The fourth-order valence-corrected chi connectivity index (χ4v) is 7.94. The van der Waals surface area contributed by atoms with E-state index in [0.717, 1.165) is 22.7 Å². The minimum atomic E-state index is 1.10. The molecular formula is C50H34N2. The fraction of sp³-hybridized carbons (Fsp3) is 0. The summed E-state index contributed by atoms with van der Waals surface area (Å²) >= 11 is 0. The van der Waals surface area contributed by atoms with Crippen LogP contribution in [0.25, 0.3) is 71.3 Å². The zero-order valence-corrected chi connectivity index (χ0v) is 28.5. The van der Waals surface area contributed by atoms with Gasteiger partial charge in [0.25, 0.3) is 0 Å². The zero-order valence-electron chi connectivity index (χ0n) is 28.5. The molecule has 0 bridgehead atoms. The summed E-state index contributed by atoms with van der Waals surface area (Å²) in [5, 5.41) is 7.54. The maximum atomic E-state index is 2.42. The highest BCUT2D eigenvalue weighted by atomic mass is 15.1. The first-order chi connectivity index (χ1) is 25.8. The monoisotopic (exact) mass is 662 g/mol. The molecule has 1 heterocycles. The highest BCUT2D eigenvalue weighted by Crippen LogP contribution is 2.43. The number of para-hydroxylation sites is 1. The van der Waals surface area contributed by atoms with Crippen LogP contribution in [-0.4, -0.2) is 4.57 Å². The van der Waals surface area contributed by atoms with E-state index in [0.29, 0.717) is 0 Å². The van der Waals surface area contributed by atoms with Gasteiger partial charge in [-0.05, 0) is 98.4 Å². The molecule has 244 valence electrons. The second-order valence-corrected chi connectivity index (χ2v) is 13.4. The second kappa shape index (κ2) is 12.5. The summed E-state index contributed by atoms with van der Waals surface area (Å²) in [6.07, 6.45) is 0. The zero-order chi connectivity index (χ0) is 34.4. The minimum absolute atomic E-state index is 1.10. The van der Waals surface area contributed by atoms with Crippen LogP contribution in [0.4, 0.5) is 17.1 Å². The van der Waals surface area contributed by atoms with E-state index in [1.807, 2.05) is 0 Å². The topological polar surface area (TPSA) is 8.17 Å². The lowest BCUT2D eigenvalue weighted by molar-refractivity contribution is 1.18. The molecule has 0 fully saturated rings. The van der Waals surface area contributed by atoms with Crippen LogP contribution in [0.2, 0.25) is 0 Å². The number of rotatable bonds is 6. The predicted molar refractivity (Wildman–Crippen MR) is 221 cm³/mol. The number of fused-ring (bicyclic) bond motifs is 6. The van der Waals surface area contributed by atoms with E-state index in [1.54, 1.807) is 0 Å². The van der Waals surface area contributed by atoms with Crippen LogP contribution in [0.1, 0.15) is 0 Å². The Kier molecular flexibility index (Phi) is 7.18. The molecule has 0 spiro atoms. The number of aromatic nitrogens is 1. The van der Waals surface area contributed by atoms with Gasteiger partial charge in [0.15, 0.2) is 0 Å². The second-order valence-electron chi connectivity index (χ2n) is 13.4. The molecule has 0 aliphatic heterocycles. The highest BCUT2D eigenvalue weighted by Gasteiger charge is 2.19. The van der Waals surface area contributed by atoms with Gasteiger partial charge in [0.1, 0.15) is 0 Å². The van der Waals surface area contributed by atoms with E-state index in [2.05, 4.69) is 216 Å². The Labute approximate surface area is 303 Å². The van der Waals surface area contributed by atoms with Gasteiger partial charge in [0.05, 0.1) is 11.0 Å². The molecular weight excluding hydrogens is 629 g/mol. The van der Waals surface area contributed by atoms with E-state index in [9.17, 15) is 0 Å². The smallest absolute Gasteiger partial charge is 0.0562 e. The van der Waals surface area contributed by atoms with E-state index in [1.165, 1.54) is 65.6 Å². The van der Waals surface area contributed by atoms with Gasteiger partial charge in [-0.2, -0.15) is 0 Å². The fourth-order valence-electron chi connectivity index (χ4n) is 7.94. The summed E-state index contributed by atoms with van der Waals surface area (Å²) in [5.41, 5.74) is 11.6. The first-order valence-corrected chi connectivity index (χ1v) is 17.9. The molecule has 0 saturated carbocycles. The van der Waals surface area contributed by atoms with Gasteiger partial charge < -0.3 is 9.47 Å². The molecule has 9 aromatic carbocycles. The lowest BCUT2D eigenvalue weighted by Gasteiger charge is -2.26. The largest absolute Gasteiger partial charge is 0.310 e. The van der Waals surface area contributed by atoms with Crippen LogP contribution in [0.15, 0.2) is 206 Å². The Morgan fingerprint density at radius 3 is 1.75 bits per heavy atom. The van der Waals surface area contributed by atoms with Gasteiger partial charge >= 0.3 is 0 Å². The first-order valence-electron chi connectivity index (χ1n) is 17.9. The van der Waals surface area contributed by atoms with Crippen molar-refractivity contribution >= 4 is 60.4 Å². The van der Waals surface area contributed by atoms with E-state index < -0.39 is 0 Å². The third-order valence-electron chi connectivity index (χ3n) is 10.3. The summed E-state index contributed by atoms with van der Waals surface area (Å²) in [4.78, 5) is 2.39. The lowest BCUT2D eigenvalue weighted by atomic mass is 9.98. The van der Waals surface area contributed by atoms with E-state index >= 15 is 0 Å². The van der Waals surface area contributed by atoms with Crippen LogP contribution < -0.4 is 4.90 Å². The van der Waals surface area contributed by atoms with Crippen molar-refractivity contribution < 1.29 is 0 Å². The Bertz CT molecular complexity index is 2880. The van der Waals surface area contributed by atoms with Crippen molar-refractivity contribution in [1.82, 2.24) is 4.57 Å². The molecule has 2 heteroatoms. The molecule has 0 N–H and O–H groups in total. The van der Waals surface area contributed by atoms with Gasteiger partial charge in [0, 0.05) is 33.5 Å². The van der Waals surface area contributed by atoms with Crippen LogP contribution >= 0.6 is 0 Å². The molecule has 1 aromatic heterocycles. The van der Waals surface area contributed by atoms with Crippen molar-refractivity contribution in [1.29, 1.82) is 0 Å². The van der Waals surface area contributed by atoms with Crippen LogP contribution in [0, 0.1) is 0 Å². The maximum Gasteiger partial charge on any atom is 0.0562 e. The van der Waals surface area contributed by atoms with Crippen molar-refractivity contribution in [3.63, 3.8) is 0 Å². The summed E-state index contributed by atoms with van der Waals surface area (Å²) in [5.74, 6) is 0. The van der Waals surface area contributed by atoms with Crippen LogP contribution in [-0.2, 0) is 0 Å². The van der Waals surface area contributed by atoms with Crippen molar-refractivity contribution in [2.24, 2.45) is 0 Å². The number of hydrogen-bond acceptors (Lipinski definition) is 1. The molecule has 10 rings (SSSR count). The van der Waals surface area contributed by atoms with Gasteiger partial charge in [0.2, 0.25) is 0 Å². The Morgan fingerprint density at radius 1 is 0.327 bits per heavy atom. The first kappa shape index (κ1) is 30.0. The Balaban J connectivity index is 1.20.